The fourth-order valence-corrected chi connectivity index (χ4v) is 2.89. The fourth-order valence-electron chi connectivity index (χ4n) is 1.83. The predicted molar refractivity (Wildman–Crippen MR) is 69.7 cm³/mol. The summed E-state index contributed by atoms with van der Waals surface area (Å²) in [6.45, 7) is 1.95. The molecule has 1 aromatic heterocycles. The summed E-state index contributed by atoms with van der Waals surface area (Å²) >= 11 is 1.32. The van der Waals surface area contributed by atoms with Gasteiger partial charge >= 0.3 is 0 Å². The molecule has 0 saturated carbocycles. The maximum atomic E-state index is 13.2. The van der Waals surface area contributed by atoms with E-state index in [2.05, 4.69) is 4.98 Å². The Labute approximate surface area is 111 Å². The molecule has 3 aromatic rings. The van der Waals surface area contributed by atoms with Crippen molar-refractivity contribution >= 4 is 21.6 Å². The summed E-state index contributed by atoms with van der Waals surface area (Å²) in [7, 11) is 0. The molecular weight excluding hydrogens is 271 g/mol. The third-order valence-corrected chi connectivity index (χ3v) is 3.84. The van der Waals surface area contributed by atoms with E-state index < -0.39 is 17.5 Å². The van der Waals surface area contributed by atoms with Crippen molar-refractivity contribution in [1.29, 1.82) is 0 Å². The molecule has 0 fully saturated rings. The SMILES string of the molecule is Cc1ccc2nc(-c3cc(F)c(F)c(F)c3)sc2c1. The molecular formula is C14H8F3NS. The normalized spacial score (nSPS) is 11.2. The van der Waals surface area contributed by atoms with E-state index in [0.717, 1.165) is 27.9 Å². The summed E-state index contributed by atoms with van der Waals surface area (Å²) in [6.07, 6.45) is 0. The second kappa shape index (κ2) is 4.35. The van der Waals surface area contributed by atoms with Gasteiger partial charge in [0.25, 0.3) is 0 Å². The summed E-state index contributed by atoms with van der Waals surface area (Å²) in [5, 5.41) is 0.471. The number of halogens is 3. The van der Waals surface area contributed by atoms with Crippen molar-refractivity contribution in [3.05, 3.63) is 53.3 Å². The summed E-state index contributed by atoms with van der Waals surface area (Å²) in [4.78, 5) is 4.30. The minimum atomic E-state index is -1.46. The largest absolute Gasteiger partial charge is 0.236 e. The second-order valence-corrected chi connectivity index (χ2v) is 5.27. The molecule has 0 saturated heterocycles. The van der Waals surface area contributed by atoms with Crippen LogP contribution in [0.4, 0.5) is 13.2 Å². The molecule has 19 heavy (non-hydrogen) atoms. The number of hydrogen-bond donors (Lipinski definition) is 0. The van der Waals surface area contributed by atoms with Crippen LogP contribution in [-0.2, 0) is 0 Å². The van der Waals surface area contributed by atoms with Crippen molar-refractivity contribution in [2.75, 3.05) is 0 Å². The number of nitrogens with zero attached hydrogens (tertiary/aromatic N) is 1. The predicted octanol–water partition coefficient (Wildman–Crippen LogP) is 4.69. The molecule has 0 radical (unpaired) electrons. The van der Waals surface area contributed by atoms with Gasteiger partial charge in [-0.05, 0) is 36.8 Å². The topological polar surface area (TPSA) is 12.9 Å². The number of rotatable bonds is 1. The Balaban J connectivity index is 2.19. The van der Waals surface area contributed by atoms with Crippen molar-refractivity contribution in [2.24, 2.45) is 0 Å². The Bertz CT molecular complexity index is 756. The molecule has 0 aliphatic rings. The summed E-state index contributed by atoms with van der Waals surface area (Å²) in [5.74, 6) is -3.86. The van der Waals surface area contributed by atoms with Crippen LogP contribution >= 0.6 is 11.3 Å². The number of thiazole rings is 1. The Morgan fingerprint density at radius 3 is 2.37 bits per heavy atom. The average Bonchev–Trinajstić information content (AvgIpc) is 2.78. The van der Waals surface area contributed by atoms with Crippen molar-refractivity contribution in [2.45, 2.75) is 6.92 Å². The Morgan fingerprint density at radius 1 is 1.00 bits per heavy atom. The van der Waals surface area contributed by atoms with Crippen LogP contribution in [0.3, 0.4) is 0 Å². The number of aryl methyl sites for hydroxylation is 1. The van der Waals surface area contributed by atoms with Gasteiger partial charge in [-0.15, -0.1) is 11.3 Å². The highest BCUT2D eigenvalue weighted by Crippen LogP contribution is 2.32. The lowest BCUT2D eigenvalue weighted by molar-refractivity contribution is 0.447. The number of hydrogen-bond acceptors (Lipinski definition) is 2. The van der Waals surface area contributed by atoms with Crippen LogP contribution in [0.5, 0.6) is 0 Å². The molecule has 96 valence electrons. The lowest BCUT2D eigenvalue weighted by Crippen LogP contribution is -1.91. The van der Waals surface area contributed by atoms with Crippen LogP contribution in [0.1, 0.15) is 5.56 Å². The van der Waals surface area contributed by atoms with E-state index in [9.17, 15) is 13.2 Å². The first-order chi connectivity index (χ1) is 9.04. The molecule has 0 bridgehead atoms. The van der Waals surface area contributed by atoms with E-state index >= 15 is 0 Å². The van der Waals surface area contributed by atoms with Gasteiger partial charge in [-0.2, -0.15) is 0 Å². The third-order valence-electron chi connectivity index (χ3n) is 2.77. The van der Waals surface area contributed by atoms with E-state index in [-0.39, 0.29) is 5.56 Å². The number of fused-ring (bicyclic) bond motifs is 1. The zero-order valence-corrected chi connectivity index (χ0v) is 10.7. The highest BCUT2D eigenvalue weighted by Gasteiger charge is 2.14. The molecule has 0 spiro atoms. The minimum Gasteiger partial charge on any atom is -0.236 e. The summed E-state index contributed by atoms with van der Waals surface area (Å²) in [6, 6.07) is 7.64. The molecule has 0 atom stereocenters. The maximum absolute atomic E-state index is 13.2. The van der Waals surface area contributed by atoms with Gasteiger partial charge in [0.15, 0.2) is 17.5 Å². The van der Waals surface area contributed by atoms with Crippen LogP contribution in [-0.4, -0.2) is 4.98 Å². The highest BCUT2D eigenvalue weighted by atomic mass is 32.1. The van der Waals surface area contributed by atoms with Gasteiger partial charge in [0, 0.05) is 5.56 Å². The van der Waals surface area contributed by atoms with Crippen molar-refractivity contribution in [3.63, 3.8) is 0 Å². The van der Waals surface area contributed by atoms with Crippen LogP contribution in [0.15, 0.2) is 30.3 Å². The standard InChI is InChI=1S/C14H8F3NS/c1-7-2-3-11-12(4-7)19-14(18-11)8-5-9(15)13(17)10(16)6-8/h2-6H,1H3. The summed E-state index contributed by atoms with van der Waals surface area (Å²) in [5.41, 5.74) is 2.09. The lowest BCUT2D eigenvalue weighted by atomic mass is 10.2. The molecule has 1 nitrogen and oxygen atoms in total. The first-order valence-corrected chi connectivity index (χ1v) is 6.38. The minimum absolute atomic E-state index is 0.246. The zero-order valence-electron chi connectivity index (χ0n) is 9.88. The quantitative estimate of drug-likeness (QED) is 0.589. The van der Waals surface area contributed by atoms with E-state index in [4.69, 9.17) is 0 Å². The van der Waals surface area contributed by atoms with E-state index in [1.165, 1.54) is 11.3 Å². The molecule has 0 unspecified atom stereocenters. The Hall–Kier alpha value is -1.88. The van der Waals surface area contributed by atoms with Crippen molar-refractivity contribution < 1.29 is 13.2 Å². The second-order valence-electron chi connectivity index (χ2n) is 4.24. The Morgan fingerprint density at radius 2 is 1.68 bits per heavy atom. The molecule has 5 heteroatoms. The van der Waals surface area contributed by atoms with Crippen LogP contribution < -0.4 is 0 Å². The number of aromatic nitrogens is 1. The molecule has 0 amide bonds. The summed E-state index contributed by atoms with van der Waals surface area (Å²) < 4.78 is 40.3. The van der Waals surface area contributed by atoms with Gasteiger partial charge in [0.2, 0.25) is 0 Å². The molecule has 0 aliphatic heterocycles. The van der Waals surface area contributed by atoms with Gasteiger partial charge in [0.05, 0.1) is 10.2 Å². The van der Waals surface area contributed by atoms with Gasteiger partial charge in [-0.1, -0.05) is 6.07 Å². The molecule has 3 rings (SSSR count). The van der Waals surface area contributed by atoms with Crippen LogP contribution in [0.2, 0.25) is 0 Å². The first kappa shape index (κ1) is 12.2. The number of benzene rings is 2. The molecule has 0 aliphatic carbocycles. The van der Waals surface area contributed by atoms with Gasteiger partial charge < -0.3 is 0 Å². The smallest absolute Gasteiger partial charge is 0.194 e. The van der Waals surface area contributed by atoms with Gasteiger partial charge in [0.1, 0.15) is 5.01 Å². The zero-order chi connectivity index (χ0) is 13.6. The van der Waals surface area contributed by atoms with Crippen LogP contribution in [0, 0.1) is 24.4 Å². The maximum Gasteiger partial charge on any atom is 0.194 e. The fraction of sp³-hybridized carbons (Fsp3) is 0.0714. The first-order valence-electron chi connectivity index (χ1n) is 5.57. The molecule has 2 aromatic carbocycles. The van der Waals surface area contributed by atoms with Gasteiger partial charge in [-0.3, -0.25) is 0 Å². The lowest BCUT2D eigenvalue weighted by Gasteiger charge is -1.99. The Kier molecular flexibility index (Phi) is 2.78. The van der Waals surface area contributed by atoms with Crippen molar-refractivity contribution in [1.82, 2.24) is 4.98 Å². The molecule has 0 N–H and O–H groups in total. The average molecular weight is 279 g/mol. The van der Waals surface area contributed by atoms with Gasteiger partial charge in [-0.25, -0.2) is 18.2 Å². The van der Waals surface area contributed by atoms with Crippen LogP contribution in [0.25, 0.3) is 20.8 Å². The third kappa shape index (κ3) is 2.10. The van der Waals surface area contributed by atoms with E-state index in [1.54, 1.807) is 0 Å². The van der Waals surface area contributed by atoms with E-state index in [0.29, 0.717) is 5.01 Å². The molecule has 1 heterocycles. The highest BCUT2D eigenvalue weighted by molar-refractivity contribution is 7.21. The van der Waals surface area contributed by atoms with E-state index in [1.807, 2.05) is 25.1 Å². The van der Waals surface area contributed by atoms with Crippen molar-refractivity contribution in [3.8, 4) is 10.6 Å². The monoisotopic (exact) mass is 279 g/mol.